The van der Waals surface area contributed by atoms with Crippen LogP contribution in [0.15, 0.2) is 12.1 Å². The molecule has 0 saturated heterocycles. The number of nitrogens with one attached hydrogen (secondary N) is 1. The van der Waals surface area contributed by atoms with Crippen molar-refractivity contribution in [3.8, 4) is 17.2 Å². The zero-order chi connectivity index (χ0) is 15.1. The highest BCUT2D eigenvalue weighted by Gasteiger charge is 2.14. The van der Waals surface area contributed by atoms with Gasteiger partial charge in [0, 0.05) is 6.54 Å². The summed E-state index contributed by atoms with van der Waals surface area (Å²) in [5.74, 6) is 1.79. The quantitative estimate of drug-likeness (QED) is 0.832. The Hall–Kier alpha value is -1.91. The molecule has 20 heavy (non-hydrogen) atoms. The van der Waals surface area contributed by atoms with Crippen molar-refractivity contribution in [2.45, 2.75) is 20.8 Å². The monoisotopic (exact) mass is 281 g/mol. The molecule has 0 bridgehead atoms. The van der Waals surface area contributed by atoms with Gasteiger partial charge in [0.25, 0.3) is 5.91 Å². The van der Waals surface area contributed by atoms with E-state index in [-0.39, 0.29) is 12.5 Å². The molecule has 0 aromatic heterocycles. The number of benzene rings is 1. The molecule has 5 nitrogen and oxygen atoms in total. The van der Waals surface area contributed by atoms with E-state index in [1.54, 1.807) is 14.2 Å². The number of carbonyl (C=O) groups excluding carboxylic acids is 1. The predicted molar refractivity (Wildman–Crippen MR) is 77.6 cm³/mol. The van der Waals surface area contributed by atoms with Crippen molar-refractivity contribution < 1.29 is 19.0 Å². The van der Waals surface area contributed by atoms with Crippen molar-refractivity contribution in [1.29, 1.82) is 0 Å². The maximum Gasteiger partial charge on any atom is 0.257 e. The highest BCUT2D eigenvalue weighted by Crippen LogP contribution is 2.38. The number of hydrogen-bond acceptors (Lipinski definition) is 4. The Labute approximate surface area is 120 Å². The molecule has 0 unspecified atom stereocenters. The number of ether oxygens (including phenoxy) is 3. The maximum absolute atomic E-state index is 11.7. The number of amides is 1. The molecule has 0 spiro atoms. The second-order valence-corrected chi connectivity index (χ2v) is 4.99. The van der Waals surface area contributed by atoms with Gasteiger partial charge in [-0.25, -0.2) is 0 Å². The number of carbonyl (C=O) groups is 1. The van der Waals surface area contributed by atoms with Gasteiger partial charge in [-0.15, -0.1) is 0 Å². The van der Waals surface area contributed by atoms with E-state index >= 15 is 0 Å². The van der Waals surface area contributed by atoms with Crippen LogP contribution in [0.3, 0.4) is 0 Å². The fraction of sp³-hybridized carbons (Fsp3) is 0.533. The molecule has 1 N–H and O–H groups in total. The lowest BCUT2D eigenvalue weighted by molar-refractivity contribution is -0.123. The molecule has 0 atom stereocenters. The summed E-state index contributed by atoms with van der Waals surface area (Å²) in [7, 11) is 3.11. The third-order valence-electron chi connectivity index (χ3n) is 2.66. The van der Waals surface area contributed by atoms with Gasteiger partial charge < -0.3 is 19.5 Å². The molecule has 5 heteroatoms. The summed E-state index contributed by atoms with van der Waals surface area (Å²) in [5, 5.41) is 2.79. The van der Waals surface area contributed by atoms with Crippen LogP contribution >= 0.6 is 0 Å². The Morgan fingerprint density at radius 2 is 1.75 bits per heavy atom. The molecule has 112 valence electrons. The average molecular weight is 281 g/mol. The topological polar surface area (TPSA) is 56.8 Å². The van der Waals surface area contributed by atoms with Crippen molar-refractivity contribution >= 4 is 5.91 Å². The number of methoxy groups -OCH3 is 2. The lowest BCUT2D eigenvalue weighted by atomic mass is 10.2. The van der Waals surface area contributed by atoms with E-state index in [0.717, 1.165) is 5.56 Å². The summed E-state index contributed by atoms with van der Waals surface area (Å²) in [6.07, 6.45) is 0. The minimum Gasteiger partial charge on any atom is -0.493 e. The first kappa shape index (κ1) is 16.1. The van der Waals surface area contributed by atoms with Crippen LogP contribution in [0.1, 0.15) is 19.4 Å². The van der Waals surface area contributed by atoms with E-state index in [0.29, 0.717) is 29.7 Å². The van der Waals surface area contributed by atoms with Gasteiger partial charge in [0.1, 0.15) is 0 Å². The summed E-state index contributed by atoms with van der Waals surface area (Å²) in [4.78, 5) is 11.7. The van der Waals surface area contributed by atoms with Crippen LogP contribution in [-0.2, 0) is 4.79 Å². The van der Waals surface area contributed by atoms with Crippen LogP contribution in [0.2, 0.25) is 0 Å². The fourth-order valence-electron chi connectivity index (χ4n) is 1.66. The molecule has 0 aliphatic heterocycles. The van der Waals surface area contributed by atoms with Crippen molar-refractivity contribution in [1.82, 2.24) is 5.32 Å². The lowest BCUT2D eigenvalue weighted by Gasteiger charge is -2.15. The van der Waals surface area contributed by atoms with Crippen molar-refractivity contribution in [3.05, 3.63) is 17.7 Å². The molecule has 1 aromatic carbocycles. The number of rotatable bonds is 7. The van der Waals surface area contributed by atoms with Gasteiger partial charge >= 0.3 is 0 Å². The van der Waals surface area contributed by atoms with Crippen LogP contribution in [0.5, 0.6) is 17.2 Å². The third kappa shape index (κ3) is 4.64. The van der Waals surface area contributed by atoms with Gasteiger partial charge in [0.2, 0.25) is 5.75 Å². The first-order chi connectivity index (χ1) is 9.47. The van der Waals surface area contributed by atoms with E-state index in [9.17, 15) is 4.79 Å². The van der Waals surface area contributed by atoms with Crippen molar-refractivity contribution in [3.63, 3.8) is 0 Å². The highest BCUT2D eigenvalue weighted by atomic mass is 16.5. The molecule has 0 radical (unpaired) electrons. The fourth-order valence-corrected chi connectivity index (χ4v) is 1.66. The first-order valence-electron chi connectivity index (χ1n) is 6.60. The second-order valence-electron chi connectivity index (χ2n) is 4.99. The standard InChI is InChI=1S/C15H23NO4/c1-10(2)8-16-14(17)9-20-15-12(18-4)6-11(3)7-13(15)19-5/h6-7,10H,8-9H2,1-5H3,(H,16,17). The summed E-state index contributed by atoms with van der Waals surface area (Å²) < 4.78 is 16.1. The molecule has 0 fully saturated rings. The van der Waals surface area contributed by atoms with Crippen molar-refractivity contribution in [2.24, 2.45) is 5.92 Å². The molecule has 1 aromatic rings. The maximum atomic E-state index is 11.7. The SMILES string of the molecule is COc1cc(C)cc(OC)c1OCC(=O)NCC(C)C. The molecule has 0 aliphatic carbocycles. The van der Waals surface area contributed by atoms with Gasteiger partial charge in [-0.2, -0.15) is 0 Å². The zero-order valence-corrected chi connectivity index (χ0v) is 12.8. The van der Waals surface area contributed by atoms with Gasteiger partial charge in [-0.05, 0) is 30.5 Å². The molecule has 0 saturated carbocycles. The summed E-state index contributed by atoms with van der Waals surface area (Å²) in [6.45, 7) is 6.57. The van der Waals surface area contributed by atoms with Crippen LogP contribution in [0, 0.1) is 12.8 Å². The Bertz CT molecular complexity index is 432. The minimum atomic E-state index is -0.164. The van der Waals surface area contributed by atoms with Gasteiger partial charge in [0.15, 0.2) is 18.1 Å². The predicted octanol–water partition coefficient (Wildman–Crippen LogP) is 2.16. The summed E-state index contributed by atoms with van der Waals surface area (Å²) in [5.41, 5.74) is 0.996. The number of hydrogen-bond donors (Lipinski definition) is 1. The van der Waals surface area contributed by atoms with Gasteiger partial charge in [-0.3, -0.25) is 4.79 Å². The Morgan fingerprint density at radius 3 is 2.20 bits per heavy atom. The van der Waals surface area contributed by atoms with E-state index in [2.05, 4.69) is 5.32 Å². The minimum absolute atomic E-state index is 0.0670. The molecule has 1 amide bonds. The van der Waals surface area contributed by atoms with E-state index in [4.69, 9.17) is 14.2 Å². The largest absolute Gasteiger partial charge is 0.493 e. The normalized spacial score (nSPS) is 10.3. The summed E-state index contributed by atoms with van der Waals surface area (Å²) >= 11 is 0. The van der Waals surface area contributed by atoms with Crippen LogP contribution in [0.4, 0.5) is 0 Å². The van der Waals surface area contributed by atoms with E-state index in [1.807, 2.05) is 32.9 Å². The van der Waals surface area contributed by atoms with Crippen LogP contribution in [0.25, 0.3) is 0 Å². The molecule has 0 aliphatic rings. The molecular formula is C15H23NO4. The highest BCUT2D eigenvalue weighted by molar-refractivity contribution is 5.77. The second kappa shape index (κ2) is 7.62. The Balaban J connectivity index is 2.74. The first-order valence-corrected chi connectivity index (χ1v) is 6.60. The molecule has 1 rings (SSSR count). The average Bonchev–Trinajstić information content (AvgIpc) is 2.42. The molecular weight excluding hydrogens is 258 g/mol. The molecule has 0 heterocycles. The smallest absolute Gasteiger partial charge is 0.257 e. The van der Waals surface area contributed by atoms with Crippen molar-refractivity contribution in [2.75, 3.05) is 27.4 Å². The lowest BCUT2D eigenvalue weighted by Crippen LogP contribution is -2.31. The van der Waals surface area contributed by atoms with Gasteiger partial charge in [-0.1, -0.05) is 13.8 Å². The zero-order valence-electron chi connectivity index (χ0n) is 12.8. The Kier molecular flexibility index (Phi) is 6.15. The Morgan fingerprint density at radius 1 is 1.20 bits per heavy atom. The van der Waals surface area contributed by atoms with Gasteiger partial charge in [0.05, 0.1) is 14.2 Å². The van der Waals surface area contributed by atoms with Crippen LogP contribution in [-0.4, -0.2) is 33.3 Å². The third-order valence-corrected chi connectivity index (χ3v) is 2.66. The number of aryl methyl sites for hydroxylation is 1. The summed E-state index contributed by atoms with van der Waals surface area (Å²) in [6, 6.07) is 3.67. The van der Waals surface area contributed by atoms with E-state index in [1.165, 1.54) is 0 Å². The van der Waals surface area contributed by atoms with E-state index < -0.39 is 0 Å². The van der Waals surface area contributed by atoms with Crippen LogP contribution < -0.4 is 19.5 Å².